The van der Waals surface area contributed by atoms with Crippen LogP contribution in [0.15, 0.2) is 18.2 Å². The van der Waals surface area contributed by atoms with Gasteiger partial charge in [-0.05, 0) is 19.4 Å². The zero-order valence-corrected chi connectivity index (χ0v) is 10.7. The highest BCUT2D eigenvalue weighted by molar-refractivity contribution is 6.43. The summed E-state index contributed by atoms with van der Waals surface area (Å²) >= 11 is 0. The molecule has 1 heterocycles. The third-order valence-electron chi connectivity index (χ3n) is 3.12. The fraction of sp³-hybridized carbons (Fsp3) is 0.429. The van der Waals surface area contributed by atoms with Gasteiger partial charge in [0.15, 0.2) is 0 Å². The average molecular weight is 247 g/mol. The molecule has 1 amide bonds. The molecule has 1 saturated heterocycles. The molecule has 0 spiro atoms. The van der Waals surface area contributed by atoms with Crippen molar-refractivity contribution in [3.63, 3.8) is 0 Å². The number of nitrogens with zero attached hydrogens (tertiary/aromatic N) is 1. The Balaban J connectivity index is 2.17. The van der Waals surface area contributed by atoms with Crippen LogP contribution in [0.5, 0.6) is 0 Å². The number of morpholine rings is 1. The summed E-state index contributed by atoms with van der Waals surface area (Å²) in [6.45, 7) is 5.82. The van der Waals surface area contributed by atoms with Crippen LogP contribution in [0.3, 0.4) is 0 Å². The Labute approximate surface area is 107 Å². The lowest BCUT2D eigenvalue weighted by molar-refractivity contribution is -0.130. The Hall–Kier alpha value is -1.68. The second-order valence-electron chi connectivity index (χ2n) is 4.55. The molecule has 0 unspecified atom stereocenters. The lowest BCUT2D eigenvalue weighted by atomic mass is 10.0. The molecule has 0 N–H and O–H groups in total. The molecular formula is C14H17NO3. The Kier molecular flexibility index (Phi) is 3.77. The molecule has 1 aromatic rings. The topological polar surface area (TPSA) is 46.6 Å². The van der Waals surface area contributed by atoms with E-state index >= 15 is 0 Å². The van der Waals surface area contributed by atoms with E-state index in [0.29, 0.717) is 31.9 Å². The highest BCUT2D eigenvalue weighted by Gasteiger charge is 2.25. The van der Waals surface area contributed by atoms with Crippen molar-refractivity contribution in [2.45, 2.75) is 13.8 Å². The van der Waals surface area contributed by atoms with Crippen LogP contribution in [-0.2, 0) is 9.53 Å². The number of benzene rings is 1. The minimum atomic E-state index is -0.426. The van der Waals surface area contributed by atoms with Gasteiger partial charge in [-0.1, -0.05) is 23.8 Å². The zero-order chi connectivity index (χ0) is 13.1. The number of ether oxygens (including phenoxy) is 1. The Morgan fingerprint density at radius 1 is 1.17 bits per heavy atom. The first kappa shape index (κ1) is 12.8. The second kappa shape index (κ2) is 5.31. The summed E-state index contributed by atoms with van der Waals surface area (Å²) in [6.07, 6.45) is 0. The fourth-order valence-corrected chi connectivity index (χ4v) is 2.09. The molecule has 4 heteroatoms. The summed E-state index contributed by atoms with van der Waals surface area (Å²) in [7, 11) is 0. The van der Waals surface area contributed by atoms with Crippen molar-refractivity contribution < 1.29 is 14.3 Å². The van der Waals surface area contributed by atoms with Gasteiger partial charge in [0.25, 0.3) is 11.7 Å². The van der Waals surface area contributed by atoms with E-state index in [1.807, 2.05) is 26.0 Å². The van der Waals surface area contributed by atoms with Crippen LogP contribution in [0.2, 0.25) is 0 Å². The van der Waals surface area contributed by atoms with Crippen molar-refractivity contribution in [1.82, 2.24) is 4.90 Å². The average Bonchev–Trinajstić information content (AvgIpc) is 2.38. The van der Waals surface area contributed by atoms with Crippen LogP contribution in [0.4, 0.5) is 0 Å². The molecule has 0 atom stereocenters. The molecule has 1 aromatic carbocycles. The first-order valence-corrected chi connectivity index (χ1v) is 6.08. The van der Waals surface area contributed by atoms with Gasteiger partial charge in [-0.25, -0.2) is 0 Å². The smallest absolute Gasteiger partial charge is 0.295 e. The van der Waals surface area contributed by atoms with Crippen LogP contribution >= 0.6 is 0 Å². The normalized spacial score (nSPS) is 15.6. The van der Waals surface area contributed by atoms with E-state index in [2.05, 4.69) is 0 Å². The number of amides is 1. The van der Waals surface area contributed by atoms with Crippen LogP contribution in [0.1, 0.15) is 21.5 Å². The van der Waals surface area contributed by atoms with E-state index in [1.165, 1.54) is 0 Å². The van der Waals surface area contributed by atoms with Gasteiger partial charge >= 0.3 is 0 Å². The SMILES string of the molecule is Cc1ccc(C(=O)C(=O)N2CCOCC2)c(C)c1. The van der Waals surface area contributed by atoms with Gasteiger partial charge in [0, 0.05) is 18.7 Å². The molecule has 0 radical (unpaired) electrons. The molecule has 4 nitrogen and oxygen atoms in total. The van der Waals surface area contributed by atoms with Gasteiger partial charge in [-0.2, -0.15) is 0 Å². The monoisotopic (exact) mass is 247 g/mol. The fourth-order valence-electron chi connectivity index (χ4n) is 2.09. The van der Waals surface area contributed by atoms with E-state index < -0.39 is 11.7 Å². The summed E-state index contributed by atoms with van der Waals surface area (Å²) in [6, 6.07) is 5.50. The first-order valence-electron chi connectivity index (χ1n) is 6.08. The Bertz CT molecular complexity index is 476. The minimum Gasteiger partial charge on any atom is -0.378 e. The van der Waals surface area contributed by atoms with E-state index in [9.17, 15) is 9.59 Å². The Morgan fingerprint density at radius 2 is 1.83 bits per heavy atom. The second-order valence-corrected chi connectivity index (χ2v) is 4.55. The van der Waals surface area contributed by atoms with E-state index in [1.54, 1.807) is 11.0 Å². The van der Waals surface area contributed by atoms with Gasteiger partial charge in [0.2, 0.25) is 0 Å². The maximum absolute atomic E-state index is 12.1. The van der Waals surface area contributed by atoms with Crippen LogP contribution in [0, 0.1) is 13.8 Å². The first-order chi connectivity index (χ1) is 8.59. The highest BCUT2D eigenvalue weighted by atomic mass is 16.5. The van der Waals surface area contributed by atoms with Crippen LogP contribution < -0.4 is 0 Å². The van der Waals surface area contributed by atoms with Crippen LogP contribution in [0.25, 0.3) is 0 Å². The summed E-state index contributed by atoms with van der Waals surface area (Å²) in [5.74, 6) is -0.848. The largest absolute Gasteiger partial charge is 0.378 e. The maximum Gasteiger partial charge on any atom is 0.295 e. The molecule has 1 fully saturated rings. The van der Waals surface area contributed by atoms with E-state index in [-0.39, 0.29) is 0 Å². The quantitative estimate of drug-likeness (QED) is 0.585. The van der Waals surface area contributed by atoms with Crippen LogP contribution in [-0.4, -0.2) is 42.9 Å². The van der Waals surface area contributed by atoms with Crippen molar-refractivity contribution in [3.8, 4) is 0 Å². The predicted octanol–water partition coefficient (Wildman–Crippen LogP) is 1.34. The number of carbonyl (C=O) groups is 2. The van der Waals surface area contributed by atoms with Gasteiger partial charge in [-0.3, -0.25) is 9.59 Å². The maximum atomic E-state index is 12.1. The standard InChI is InChI=1S/C14H17NO3/c1-10-3-4-12(11(2)9-10)13(16)14(17)15-5-7-18-8-6-15/h3-4,9H,5-8H2,1-2H3. The summed E-state index contributed by atoms with van der Waals surface area (Å²) in [4.78, 5) is 25.8. The van der Waals surface area contributed by atoms with E-state index in [0.717, 1.165) is 11.1 Å². The molecule has 2 rings (SSSR count). The lowest BCUT2D eigenvalue weighted by Gasteiger charge is -2.26. The van der Waals surface area contributed by atoms with Crippen molar-refractivity contribution in [2.24, 2.45) is 0 Å². The van der Waals surface area contributed by atoms with Gasteiger partial charge in [-0.15, -0.1) is 0 Å². The zero-order valence-electron chi connectivity index (χ0n) is 10.7. The molecule has 0 saturated carbocycles. The van der Waals surface area contributed by atoms with Crippen molar-refractivity contribution >= 4 is 11.7 Å². The van der Waals surface area contributed by atoms with Crippen molar-refractivity contribution in [1.29, 1.82) is 0 Å². The molecule has 1 aliphatic heterocycles. The molecule has 0 aromatic heterocycles. The van der Waals surface area contributed by atoms with Crippen molar-refractivity contribution in [2.75, 3.05) is 26.3 Å². The van der Waals surface area contributed by atoms with Crippen molar-refractivity contribution in [3.05, 3.63) is 34.9 Å². The highest BCUT2D eigenvalue weighted by Crippen LogP contribution is 2.13. The number of rotatable bonds is 2. The lowest BCUT2D eigenvalue weighted by Crippen LogP contribution is -2.44. The molecule has 96 valence electrons. The molecular weight excluding hydrogens is 230 g/mol. The van der Waals surface area contributed by atoms with Gasteiger partial charge in [0.05, 0.1) is 13.2 Å². The molecule has 1 aliphatic rings. The van der Waals surface area contributed by atoms with E-state index in [4.69, 9.17) is 4.74 Å². The molecule has 0 bridgehead atoms. The third-order valence-corrected chi connectivity index (χ3v) is 3.12. The third kappa shape index (κ3) is 2.59. The number of carbonyl (C=O) groups excluding carboxylic acids is 2. The summed E-state index contributed by atoms with van der Waals surface area (Å²) in [5, 5.41) is 0. The van der Waals surface area contributed by atoms with Gasteiger partial charge < -0.3 is 9.64 Å². The molecule has 0 aliphatic carbocycles. The number of aryl methyl sites for hydroxylation is 2. The number of ketones is 1. The number of Topliss-reactive ketones (excluding diaryl/α,β-unsaturated/α-hetero) is 1. The molecule has 18 heavy (non-hydrogen) atoms. The predicted molar refractivity (Wildman–Crippen MR) is 67.6 cm³/mol. The summed E-state index contributed by atoms with van der Waals surface area (Å²) < 4.78 is 5.17. The minimum absolute atomic E-state index is 0.422. The summed E-state index contributed by atoms with van der Waals surface area (Å²) in [5.41, 5.74) is 2.43. The Morgan fingerprint density at radius 3 is 2.44 bits per heavy atom. The van der Waals surface area contributed by atoms with Gasteiger partial charge in [0.1, 0.15) is 0 Å². The number of hydrogen-bond donors (Lipinski definition) is 0. The number of hydrogen-bond acceptors (Lipinski definition) is 3.